The maximum Gasteiger partial charge on any atom is 0.174 e. The number of ether oxygens (including phenoxy) is 1. The molecular weight excluding hydrogens is 132 g/mol. The molecule has 0 aromatic carbocycles. The van der Waals surface area contributed by atoms with Crippen molar-refractivity contribution in [3.63, 3.8) is 0 Å². The summed E-state index contributed by atoms with van der Waals surface area (Å²) in [5, 5.41) is 12.0. The molecule has 2 atom stereocenters. The predicted octanol–water partition coefficient (Wildman–Crippen LogP) is -0.659. The summed E-state index contributed by atoms with van der Waals surface area (Å²) in [4.78, 5) is 3.94. The Bertz CT molecular complexity index is 127. The van der Waals surface area contributed by atoms with Gasteiger partial charge in [-0.1, -0.05) is 0 Å². The number of aliphatic hydroxyl groups excluding tert-OH is 1. The van der Waals surface area contributed by atoms with E-state index in [0.717, 1.165) is 13.0 Å². The van der Waals surface area contributed by atoms with Gasteiger partial charge in [-0.25, -0.2) is 0 Å². The zero-order chi connectivity index (χ0) is 7.40. The van der Waals surface area contributed by atoms with Crippen molar-refractivity contribution in [3.05, 3.63) is 0 Å². The van der Waals surface area contributed by atoms with Gasteiger partial charge in [0.05, 0.1) is 12.4 Å². The van der Waals surface area contributed by atoms with E-state index in [1.807, 2.05) is 0 Å². The van der Waals surface area contributed by atoms with Gasteiger partial charge < -0.3 is 15.2 Å². The molecule has 0 amide bonds. The summed E-state index contributed by atoms with van der Waals surface area (Å²) in [6, 6.07) is 0.00231. The third kappa shape index (κ3) is 1.68. The number of aliphatic hydroxyl groups is 1. The van der Waals surface area contributed by atoms with Gasteiger partial charge in [-0.05, 0) is 6.42 Å². The van der Waals surface area contributed by atoms with Crippen molar-refractivity contribution in [2.75, 3.05) is 13.7 Å². The van der Waals surface area contributed by atoms with E-state index in [0.29, 0.717) is 0 Å². The zero-order valence-electron chi connectivity index (χ0n) is 5.95. The molecule has 58 valence electrons. The lowest BCUT2D eigenvalue weighted by atomic mass is 10.2. The van der Waals surface area contributed by atoms with Crippen LogP contribution in [0.2, 0.25) is 0 Å². The quantitative estimate of drug-likeness (QED) is 0.506. The molecule has 0 radical (unpaired) electrons. The molecule has 0 aliphatic carbocycles. The first kappa shape index (κ1) is 7.50. The van der Waals surface area contributed by atoms with Crippen LogP contribution in [0.5, 0.6) is 0 Å². The van der Waals surface area contributed by atoms with Crippen LogP contribution in [0, 0.1) is 0 Å². The lowest BCUT2D eigenvalue weighted by Gasteiger charge is -2.23. The van der Waals surface area contributed by atoms with E-state index in [2.05, 4.69) is 10.3 Å². The maximum absolute atomic E-state index is 9.14. The third-order valence-corrected chi connectivity index (χ3v) is 1.53. The molecule has 0 bridgehead atoms. The molecular formula is C6H12N2O2. The van der Waals surface area contributed by atoms with Crippen molar-refractivity contribution in [1.29, 1.82) is 0 Å². The Labute approximate surface area is 59.9 Å². The van der Waals surface area contributed by atoms with E-state index < -0.39 is 6.29 Å². The number of hydrogen-bond acceptors (Lipinski definition) is 4. The van der Waals surface area contributed by atoms with Crippen molar-refractivity contribution < 1.29 is 9.84 Å². The first-order valence-electron chi connectivity index (χ1n) is 3.30. The Morgan fingerprint density at radius 2 is 2.70 bits per heavy atom. The second-order valence-electron chi connectivity index (χ2n) is 2.22. The average molecular weight is 144 g/mol. The van der Waals surface area contributed by atoms with Gasteiger partial charge in [0, 0.05) is 13.7 Å². The van der Waals surface area contributed by atoms with Crippen LogP contribution in [-0.4, -0.2) is 37.4 Å². The lowest BCUT2D eigenvalue weighted by Crippen LogP contribution is -2.42. The average Bonchev–Trinajstić information content (AvgIpc) is 2.05. The van der Waals surface area contributed by atoms with E-state index in [1.54, 1.807) is 6.34 Å². The molecule has 0 aromatic heterocycles. The summed E-state index contributed by atoms with van der Waals surface area (Å²) in [6.07, 6.45) is 1.72. The van der Waals surface area contributed by atoms with Gasteiger partial charge in [-0.3, -0.25) is 4.99 Å². The number of aliphatic imine (C=N–C) groups is 1. The Hall–Kier alpha value is -0.610. The van der Waals surface area contributed by atoms with Crippen molar-refractivity contribution >= 4 is 6.34 Å². The molecule has 0 fully saturated rings. The lowest BCUT2D eigenvalue weighted by molar-refractivity contribution is -0.0946. The number of rotatable bonds is 2. The smallest absolute Gasteiger partial charge is 0.174 e. The number of nitrogens with zero attached hydrogens (tertiary/aromatic N) is 1. The Kier molecular flexibility index (Phi) is 2.65. The van der Waals surface area contributed by atoms with Crippen LogP contribution in [0.3, 0.4) is 0 Å². The summed E-state index contributed by atoms with van der Waals surface area (Å²) in [7, 11) is 1.48. The second-order valence-corrected chi connectivity index (χ2v) is 2.22. The van der Waals surface area contributed by atoms with Crippen LogP contribution in [0.4, 0.5) is 0 Å². The van der Waals surface area contributed by atoms with E-state index in [-0.39, 0.29) is 6.04 Å². The van der Waals surface area contributed by atoms with Crippen LogP contribution in [0.1, 0.15) is 6.42 Å². The third-order valence-electron chi connectivity index (χ3n) is 1.53. The monoisotopic (exact) mass is 144 g/mol. The highest BCUT2D eigenvalue weighted by molar-refractivity contribution is 5.55. The first-order chi connectivity index (χ1) is 4.84. The first-order valence-corrected chi connectivity index (χ1v) is 3.30. The molecule has 2 N–H and O–H groups in total. The van der Waals surface area contributed by atoms with Gasteiger partial charge in [-0.15, -0.1) is 0 Å². The normalized spacial score (nSPS) is 27.6. The minimum absolute atomic E-state index is 0.00231. The highest BCUT2D eigenvalue weighted by atomic mass is 16.6. The Morgan fingerprint density at radius 3 is 3.20 bits per heavy atom. The van der Waals surface area contributed by atoms with Gasteiger partial charge in [-0.2, -0.15) is 0 Å². The molecule has 1 heterocycles. The Balaban J connectivity index is 2.33. The molecule has 10 heavy (non-hydrogen) atoms. The largest absolute Gasteiger partial charge is 0.369 e. The molecule has 4 nitrogen and oxygen atoms in total. The summed E-state index contributed by atoms with van der Waals surface area (Å²) >= 11 is 0. The van der Waals surface area contributed by atoms with Crippen molar-refractivity contribution in [3.8, 4) is 0 Å². The minimum Gasteiger partial charge on any atom is -0.369 e. The summed E-state index contributed by atoms with van der Waals surface area (Å²) in [6.45, 7) is 0.762. The molecule has 1 rings (SSSR count). The predicted molar refractivity (Wildman–Crippen MR) is 37.9 cm³/mol. The van der Waals surface area contributed by atoms with Gasteiger partial charge >= 0.3 is 0 Å². The highest BCUT2D eigenvalue weighted by Gasteiger charge is 2.18. The number of methoxy groups -OCH3 is 1. The second kappa shape index (κ2) is 3.53. The topological polar surface area (TPSA) is 53.9 Å². The summed E-state index contributed by atoms with van der Waals surface area (Å²) < 4.78 is 4.72. The number of hydrogen-bond donors (Lipinski definition) is 2. The fraction of sp³-hybridized carbons (Fsp3) is 0.833. The van der Waals surface area contributed by atoms with Crippen molar-refractivity contribution in [2.24, 2.45) is 4.99 Å². The van der Waals surface area contributed by atoms with Crippen LogP contribution >= 0.6 is 0 Å². The number of nitrogens with one attached hydrogen (secondary N) is 1. The fourth-order valence-electron chi connectivity index (χ4n) is 0.899. The molecule has 2 unspecified atom stereocenters. The standard InChI is InChI=1S/C6H12N2O2/c1-10-6(9)5-2-3-7-4-8-5/h4-6,9H,2-3H2,1H3,(H,7,8). The molecule has 0 saturated heterocycles. The zero-order valence-corrected chi connectivity index (χ0v) is 5.95. The highest BCUT2D eigenvalue weighted by Crippen LogP contribution is 2.02. The molecule has 0 spiro atoms. The van der Waals surface area contributed by atoms with E-state index in [4.69, 9.17) is 9.84 Å². The van der Waals surface area contributed by atoms with Gasteiger partial charge in [0.2, 0.25) is 0 Å². The van der Waals surface area contributed by atoms with Gasteiger partial charge in [0.25, 0.3) is 0 Å². The summed E-state index contributed by atoms with van der Waals surface area (Å²) in [5.41, 5.74) is 0. The van der Waals surface area contributed by atoms with Crippen LogP contribution in [0.25, 0.3) is 0 Å². The molecule has 1 aliphatic rings. The van der Waals surface area contributed by atoms with Gasteiger partial charge in [0.15, 0.2) is 6.29 Å². The van der Waals surface area contributed by atoms with Crippen LogP contribution < -0.4 is 5.32 Å². The van der Waals surface area contributed by atoms with Crippen molar-refractivity contribution in [1.82, 2.24) is 5.32 Å². The van der Waals surface area contributed by atoms with E-state index >= 15 is 0 Å². The minimum atomic E-state index is -0.716. The van der Waals surface area contributed by atoms with Crippen molar-refractivity contribution in [2.45, 2.75) is 18.8 Å². The summed E-state index contributed by atoms with van der Waals surface area (Å²) in [5.74, 6) is 0. The maximum atomic E-state index is 9.14. The van der Waals surface area contributed by atoms with Crippen LogP contribution in [-0.2, 0) is 4.74 Å². The molecule has 4 heteroatoms. The molecule has 0 aromatic rings. The van der Waals surface area contributed by atoms with Crippen LogP contribution in [0.15, 0.2) is 4.99 Å². The molecule has 1 aliphatic heterocycles. The molecule has 0 saturated carbocycles. The van der Waals surface area contributed by atoms with E-state index in [9.17, 15) is 0 Å². The van der Waals surface area contributed by atoms with E-state index in [1.165, 1.54) is 7.11 Å². The Morgan fingerprint density at radius 1 is 1.90 bits per heavy atom. The van der Waals surface area contributed by atoms with Gasteiger partial charge in [0.1, 0.15) is 0 Å². The SMILES string of the molecule is COC(O)C1CCN=CN1. The fourth-order valence-corrected chi connectivity index (χ4v) is 0.899.